The first-order chi connectivity index (χ1) is 70.4. The molecule has 10 heterocycles. The van der Waals surface area contributed by atoms with Gasteiger partial charge < -0.3 is 89.0 Å². The lowest BCUT2D eigenvalue weighted by Gasteiger charge is -2.29. The Morgan fingerprint density at radius 3 is 1.04 bits per heavy atom. The summed E-state index contributed by atoms with van der Waals surface area (Å²) < 4.78 is 39.3. The van der Waals surface area contributed by atoms with E-state index in [9.17, 15) is 64.1 Å². The van der Waals surface area contributed by atoms with Gasteiger partial charge in [-0.1, -0.05) is 12.1 Å². The highest BCUT2D eigenvalue weighted by atomic mass is 79.9. The van der Waals surface area contributed by atoms with Crippen molar-refractivity contribution in [3.05, 3.63) is 215 Å². The van der Waals surface area contributed by atoms with E-state index < -0.39 is 63.9 Å². The Morgan fingerprint density at radius 1 is 0.390 bits per heavy atom. The second-order valence-corrected chi connectivity index (χ2v) is 34.3. The molecule has 0 aliphatic carbocycles. The highest BCUT2D eigenvalue weighted by Crippen LogP contribution is 2.36. The number of ether oxygens (including phenoxy) is 7. The van der Waals surface area contributed by atoms with Crippen LogP contribution in [0.1, 0.15) is 46.6 Å². The van der Waals surface area contributed by atoms with Gasteiger partial charge in [-0.2, -0.15) is 19.8 Å². The summed E-state index contributed by atoms with van der Waals surface area (Å²) >= 11 is 17.7. The van der Waals surface area contributed by atoms with Gasteiger partial charge in [0.25, 0.3) is 15.3 Å². The number of hydrogen-bond acceptors (Lipinski definition) is 52. The average Bonchev–Trinajstić information content (AvgIpc) is 1.40. The number of nitrogens with one attached hydrogen (secondary N) is 5. The van der Waals surface area contributed by atoms with Gasteiger partial charge in [-0.05, 0) is 193 Å². The number of halogens is 5. The van der Waals surface area contributed by atoms with Crippen molar-refractivity contribution in [3.63, 3.8) is 0 Å². The molecule has 768 valence electrons. The molecule has 62 heteroatoms. The summed E-state index contributed by atoms with van der Waals surface area (Å²) in [4.78, 5) is 213. The molecule has 0 radical (unpaired) electrons. The molecular weight excluding hydrogens is 2260 g/mol. The smallest absolute Gasteiger partial charge is 0.434 e. The second kappa shape index (κ2) is 53.9. The number of aromatic nitrogens is 10. The molecule has 0 fully saturated rings. The molecule has 5 aliphatic rings. The average molecular weight is 2350 g/mol. The van der Waals surface area contributed by atoms with Crippen LogP contribution in [-0.2, 0) is 74.1 Å². The molecule has 16 rings (SSSR count). The van der Waals surface area contributed by atoms with Gasteiger partial charge in [-0.15, -0.1) is 40.2 Å². The summed E-state index contributed by atoms with van der Waals surface area (Å²) in [5, 5.41) is 48.1. The number of amides is 2. The first-order valence-electron chi connectivity index (χ1n) is 43.2. The molecule has 3 unspecified atom stereocenters. The van der Waals surface area contributed by atoms with Gasteiger partial charge in [0.15, 0.2) is 29.4 Å². The number of benzene rings is 6. The van der Waals surface area contributed by atoms with Gasteiger partial charge in [-0.25, -0.2) is 24.1 Å². The lowest BCUT2D eigenvalue weighted by atomic mass is 9.93. The van der Waals surface area contributed by atoms with Crippen LogP contribution < -0.4 is 31.3 Å². The topological polar surface area (TPSA) is 670 Å². The highest BCUT2D eigenvalue weighted by molar-refractivity contribution is 9.11. The minimum Gasteiger partial charge on any atom is -0.434 e. The summed E-state index contributed by atoms with van der Waals surface area (Å²) in [6, 6.07) is 24.6. The molecule has 11 aromatic rings. The van der Waals surface area contributed by atoms with Gasteiger partial charge in [0, 0.05) is 94.6 Å². The maximum atomic E-state index is 12.8. The van der Waals surface area contributed by atoms with Crippen LogP contribution in [0, 0.1) is 45.6 Å². The van der Waals surface area contributed by atoms with E-state index in [-0.39, 0.29) is 65.2 Å². The minimum absolute atomic E-state index is 0.0519. The zero-order valence-electron chi connectivity index (χ0n) is 77.1. The van der Waals surface area contributed by atoms with Gasteiger partial charge in [0.1, 0.15) is 73.0 Å². The summed E-state index contributed by atoms with van der Waals surface area (Å²) in [5.41, 5.74) is 10.3. The van der Waals surface area contributed by atoms with E-state index in [4.69, 9.17) is 33.2 Å². The predicted octanol–water partition coefficient (Wildman–Crippen LogP) is 13.4. The lowest BCUT2D eigenvalue weighted by Crippen LogP contribution is -2.47. The van der Waals surface area contributed by atoms with Crippen LogP contribution in [0.2, 0.25) is 0 Å². The molecule has 5 aliphatic heterocycles. The Kier molecular flexibility index (Phi) is 40.2. The minimum atomic E-state index is -1.08. The summed E-state index contributed by atoms with van der Waals surface area (Å²) in [7, 11) is 0. The van der Waals surface area contributed by atoms with Gasteiger partial charge >= 0.3 is 24.6 Å². The number of aliphatic imine (C=N–C) groups is 5. The molecule has 5 aromatic heterocycles. The lowest BCUT2D eigenvalue weighted by molar-refractivity contribution is -0.763. The fourth-order valence-electron chi connectivity index (χ4n) is 13.4. The standard InChI is InChI=1S/C19H15BrN6O5.C17H19BrN6O6.2C16H17BrN6O6.C16H17BrN6O4/c20-16-14(5-6-15-17(16)22-8-7-21-15)24-18-23-9-10-25(18)19(27)31-13-3-1-12(2-4-13)11-30-26(28)29;1-11(30-17(25)28-9-2-10-29-24(26)27)23-8-7-21-16(23)22-12-3-4-13-15(14(12)18)20-6-5-19-13;2*1-10(28-16(24)26-8-9-27-29-22-25)23-7-6-20-15(23)21-11-2-3-12-14(13(11)17)19-5-4-18-12;1-16(2,9-27-23(25)26)14(24)22-8-7-20-15(22)21-10-3-4-11-13(12(10)17)19-6-5-18-11/h1-8H,9-11H2,(H,23,24);3-6,11H,2,7-10H2,1H3,(H,21,22);2*2-5,10H,6-9H2,1H3,(H,20,21);3-6H,7-9H2,1-2H3,(H,20,21). The summed E-state index contributed by atoms with van der Waals surface area (Å²) in [5.74, 6) is 2.33. The van der Waals surface area contributed by atoms with Crippen molar-refractivity contribution in [1.29, 1.82) is 0 Å². The van der Waals surface area contributed by atoms with Crippen LogP contribution in [0.5, 0.6) is 5.75 Å². The number of carbonyl (C=O) groups excluding carboxylic acids is 5. The molecular formula is C84H85Br5N30O27. The molecule has 0 saturated heterocycles. The van der Waals surface area contributed by atoms with Crippen molar-refractivity contribution in [3.8, 4) is 5.75 Å². The Balaban J connectivity index is 0.000000162. The zero-order valence-corrected chi connectivity index (χ0v) is 85.0. The Labute approximate surface area is 865 Å². The SMILES string of the molecule is CC(C)(CO[N+](=O)[O-])C(=O)N1CCN=C1Nc1ccc2nccnc2c1Br.CC(OC(=O)OCCCO[N+](=O)[O-])N1CCN=C1Nc1ccc2nccnc2c1Br.CC(OC(=O)OCCOON=O)N1CCN=C1Nc1ccc2nccnc2c1Br.CC(OC(=O)OCCOON=O)N1CCN=C1Nc1ccc2nccnc2c1Br.O=C(Oc1ccc(CO[N+](=O)[O-])cc1)N1CCN=C1Nc1ccc2nccnc2c1Br. The first kappa shape index (κ1) is 109. The molecule has 5 N–H and O–H groups in total. The van der Waals surface area contributed by atoms with E-state index >= 15 is 0 Å². The Bertz CT molecular complexity index is 6550. The number of hydrogen-bond donors (Lipinski definition) is 5. The molecule has 0 bridgehead atoms. The van der Waals surface area contributed by atoms with E-state index in [0.717, 1.165) is 58.1 Å². The fraction of sp³-hybridized carbons (Fsp3) is 0.333. The van der Waals surface area contributed by atoms with Crippen LogP contribution in [0.15, 0.2) is 205 Å². The Hall–Kier alpha value is -16.0. The molecule has 6 aromatic carbocycles. The molecule has 3 atom stereocenters. The van der Waals surface area contributed by atoms with E-state index in [1.165, 1.54) is 21.9 Å². The van der Waals surface area contributed by atoms with Gasteiger partial charge in [0.05, 0.1) is 136 Å². The van der Waals surface area contributed by atoms with Crippen LogP contribution in [0.3, 0.4) is 0 Å². The third-order valence-electron chi connectivity index (χ3n) is 20.2. The van der Waals surface area contributed by atoms with E-state index in [2.05, 4.69) is 215 Å². The molecule has 57 nitrogen and oxygen atoms in total. The van der Waals surface area contributed by atoms with Crippen LogP contribution in [0.25, 0.3) is 55.2 Å². The van der Waals surface area contributed by atoms with Crippen molar-refractivity contribution in [2.75, 3.05) is 138 Å². The van der Waals surface area contributed by atoms with E-state index in [0.29, 0.717) is 154 Å². The largest absolute Gasteiger partial charge is 0.510 e. The molecule has 146 heavy (non-hydrogen) atoms. The van der Waals surface area contributed by atoms with Crippen molar-refractivity contribution in [2.45, 2.75) is 66.3 Å². The number of rotatable bonds is 34. The summed E-state index contributed by atoms with van der Waals surface area (Å²) in [6.07, 6.45) is 11.1. The van der Waals surface area contributed by atoms with E-state index in [1.807, 2.05) is 71.3 Å². The number of fused-ring (bicyclic) bond motifs is 5. The van der Waals surface area contributed by atoms with Gasteiger partial charge in [-0.3, -0.25) is 84.5 Å². The number of nitrogens with zero attached hydrogens (tertiary/aromatic N) is 25. The zero-order chi connectivity index (χ0) is 104. The van der Waals surface area contributed by atoms with Crippen molar-refractivity contribution in [2.24, 2.45) is 41.1 Å². The van der Waals surface area contributed by atoms with Crippen LogP contribution in [-0.4, -0.2) is 280 Å². The number of carbonyl (C=O) groups is 5. The fourth-order valence-corrected chi connectivity index (χ4v) is 16.1. The Morgan fingerprint density at radius 2 is 0.699 bits per heavy atom. The van der Waals surface area contributed by atoms with Crippen LogP contribution in [0.4, 0.5) is 47.6 Å². The first-order valence-corrected chi connectivity index (χ1v) is 47.2. The third-order valence-corrected chi connectivity index (χ3v) is 24.2. The monoisotopic (exact) mass is 2340 g/mol. The van der Waals surface area contributed by atoms with Crippen molar-refractivity contribution >= 4 is 224 Å². The maximum Gasteiger partial charge on any atom is 0.510 e. The molecule has 2 amide bonds. The van der Waals surface area contributed by atoms with E-state index in [1.54, 1.807) is 123 Å². The van der Waals surface area contributed by atoms with Crippen molar-refractivity contribution in [1.82, 2.24) is 74.3 Å². The highest BCUT2D eigenvalue weighted by Gasteiger charge is 2.39. The predicted molar refractivity (Wildman–Crippen MR) is 534 cm³/mol. The molecule has 0 spiro atoms. The molecule has 0 saturated carbocycles. The second-order valence-electron chi connectivity index (χ2n) is 30.3. The third kappa shape index (κ3) is 30.8. The number of anilines is 5. The summed E-state index contributed by atoms with van der Waals surface area (Å²) in [6.45, 7) is 11.8. The maximum absolute atomic E-state index is 12.8. The van der Waals surface area contributed by atoms with Gasteiger partial charge in [0.2, 0.25) is 35.7 Å². The normalized spacial score (nSPS) is 14.0. The number of guanidine groups is 5. The van der Waals surface area contributed by atoms with Crippen molar-refractivity contribution < 1.29 is 107 Å². The van der Waals surface area contributed by atoms with Crippen LogP contribution >= 0.6 is 79.6 Å². The quantitative estimate of drug-likeness (QED) is 0.00475.